The van der Waals surface area contributed by atoms with E-state index in [1.807, 2.05) is 13.0 Å². The SMILES string of the molecule is Cc1cnc(OC2CCCc3ccccc32)c(N)c1. The summed E-state index contributed by atoms with van der Waals surface area (Å²) in [5, 5.41) is 0. The van der Waals surface area contributed by atoms with E-state index in [0.717, 1.165) is 24.8 Å². The van der Waals surface area contributed by atoms with Crippen molar-refractivity contribution in [3.05, 3.63) is 53.2 Å². The molecule has 0 bridgehead atoms. The molecule has 19 heavy (non-hydrogen) atoms. The number of nitrogens with zero attached hydrogens (tertiary/aromatic N) is 1. The van der Waals surface area contributed by atoms with Crippen LogP contribution in [0.25, 0.3) is 0 Å². The van der Waals surface area contributed by atoms with E-state index in [1.54, 1.807) is 6.20 Å². The molecule has 0 radical (unpaired) electrons. The second-order valence-corrected chi connectivity index (χ2v) is 5.10. The lowest BCUT2D eigenvalue weighted by Gasteiger charge is -2.26. The number of aryl methyl sites for hydroxylation is 2. The number of benzene rings is 1. The van der Waals surface area contributed by atoms with Crippen LogP contribution >= 0.6 is 0 Å². The van der Waals surface area contributed by atoms with Gasteiger partial charge in [0.15, 0.2) is 0 Å². The zero-order valence-electron chi connectivity index (χ0n) is 11.1. The van der Waals surface area contributed by atoms with Crippen LogP contribution in [0.2, 0.25) is 0 Å². The molecule has 1 aromatic carbocycles. The molecule has 2 N–H and O–H groups in total. The van der Waals surface area contributed by atoms with Crippen LogP contribution in [0.1, 0.15) is 35.6 Å². The highest BCUT2D eigenvalue weighted by atomic mass is 16.5. The molecule has 1 aliphatic rings. The van der Waals surface area contributed by atoms with Gasteiger partial charge in [-0.2, -0.15) is 0 Å². The van der Waals surface area contributed by atoms with Crippen LogP contribution in [-0.4, -0.2) is 4.98 Å². The normalized spacial score (nSPS) is 17.8. The summed E-state index contributed by atoms with van der Waals surface area (Å²) < 4.78 is 6.03. The third-order valence-electron chi connectivity index (χ3n) is 3.58. The quantitative estimate of drug-likeness (QED) is 0.893. The molecule has 1 heterocycles. The van der Waals surface area contributed by atoms with Crippen LogP contribution in [-0.2, 0) is 6.42 Å². The summed E-state index contributed by atoms with van der Waals surface area (Å²) in [6, 6.07) is 10.4. The summed E-state index contributed by atoms with van der Waals surface area (Å²) in [7, 11) is 0. The second-order valence-electron chi connectivity index (χ2n) is 5.10. The topological polar surface area (TPSA) is 48.1 Å². The van der Waals surface area contributed by atoms with Crippen molar-refractivity contribution in [3.8, 4) is 5.88 Å². The van der Waals surface area contributed by atoms with Crippen molar-refractivity contribution in [2.75, 3.05) is 5.73 Å². The van der Waals surface area contributed by atoms with Gasteiger partial charge < -0.3 is 10.5 Å². The highest BCUT2D eigenvalue weighted by Crippen LogP contribution is 2.34. The molecule has 1 aliphatic carbocycles. The molecule has 0 fully saturated rings. The molecule has 98 valence electrons. The Morgan fingerprint density at radius 1 is 1.32 bits per heavy atom. The first-order valence-corrected chi connectivity index (χ1v) is 6.70. The molecule has 0 saturated carbocycles. The second kappa shape index (κ2) is 4.92. The van der Waals surface area contributed by atoms with Crippen molar-refractivity contribution in [2.24, 2.45) is 0 Å². The van der Waals surface area contributed by atoms with Gasteiger partial charge in [0.2, 0.25) is 5.88 Å². The first kappa shape index (κ1) is 12.0. The fraction of sp³-hybridized carbons (Fsp3) is 0.312. The lowest BCUT2D eigenvalue weighted by Crippen LogP contribution is -2.16. The van der Waals surface area contributed by atoms with Gasteiger partial charge >= 0.3 is 0 Å². The van der Waals surface area contributed by atoms with Crippen molar-refractivity contribution in [1.29, 1.82) is 0 Å². The minimum absolute atomic E-state index is 0.0717. The zero-order chi connectivity index (χ0) is 13.2. The molecule has 0 saturated heterocycles. The monoisotopic (exact) mass is 254 g/mol. The Kier molecular flexibility index (Phi) is 3.11. The van der Waals surface area contributed by atoms with E-state index in [4.69, 9.17) is 10.5 Å². The number of ether oxygens (including phenoxy) is 1. The Hall–Kier alpha value is -2.03. The number of aromatic nitrogens is 1. The molecule has 3 rings (SSSR count). The lowest BCUT2D eigenvalue weighted by atomic mass is 9.89. The summed E-state index contributed by atoms with van der Waals surface area (Å²) in [6.45, 7) is 1.98. The number of pyridine rings is 1. The van der Waals surface area contributed by atoms with Gasteiger partial charge in [0.25, 0.3) is 0 Å². The average molecular weight is 254 g/mol. The standard InChI is InChI=1S/C16H18N2O/c1-11-9-14(17)16(18-10-11)19-15-8-4-6-12-5-2-3-7-13(12)15/h2-3,5,7,9-10,15H,4,6,8,17H2,1H3. The molecule has 1 atom stereocenters. The van der Waals surface area contributed by atoms with E-state index in [9.17, 15) is 0 Å². The molecular formula is C16H18N2O. The molecule has 0 amide bonds. The number of rotatable bonds is 2. The van der Waals surface area contributed by atoms with Crippen molar-refractivity contribution in [1.82, 2.24) is 4.98 Å². The predicted molar refractivity (Wildman–Crippen MR) is 76.1 cm³/mol. The van der Waals surface area contributed by atoms with Crippen LogP contribution in [0.4, 0.5) is 5.69 Å². The number of nitrogen functional groups attached to an aromatic ring is 1. The van der Waals surface area contributed by atoms with Crippen LogP contribution in [0.3, 0.4) is 0 Å². The van der Waals surface area contributed by atoms with E-state index in [2.05, 4.69) is 29.2 Å². The predicted octanol–water partition coefficient (Wildman–Crippen LogP) is 3.43. The van der Waals surface area contributed by atoms with E-state index in [1.165, 1.54) is 11.1 Å². The van der Waals surface area contributed by atoms with Crippen molar-refractivity contribution in [3.63, 3.8) is 0 Å². The third kappa shape index (κ3) is 2.41. The molecular weight excluding hydrogens is 236 g/mol. The van der Waals surface area contributed by atoms with Gasteiger partial charge in [0.1, 0.15) is 6.10 Å². The van der Waals surface area contributed by atoms with Gasteiger partial charge in [-0.05, 0) is 48.9 Å². The van der Waals surface area contributed by atoms with Crippen LogP contribution in [0.15, 0.2) is 36.5 Å². The lowest BCUT2D eigenvalue weighted by molar-refractivity contribution is 0.177. The van der Waals surface area contributed by atoms with Gasteiger partial charge in [-0.3, -0.25) is 0 Å². The number of nitrogens with two attached hydrogens (primary N) is 1. The highest BCUT2D eigenvalue weighted by Gasteiger charge is 2.22. The van der Waals surface area contributed by atoms with E-state index >= 15 is 0 Å². The summed E-state index contributed by atoms with van der Waals surface area (Å²) in [5.74, 6) is 0.548. The Labute approximate surface area is 113 Å². The largest absolute Gasteiger partial charge is 0.468 e. The summed E-state index contributed by atoms with van der Waals surface area (Å²) >= 11 is 0. The smallest absolute Gasteiger partial charge is 0.237 e. The van der Waals surface area contributed by atoms with Gasteiger partial charge in [0.05, 0.1) is 5.69 Å². The van der Waals surface area contributed by atoms with Crippen LogP contribution in [0.5, 0.6) is 5.88 Å². The van der Waals surface area contributed by atoms with Gasteiger partial charge in [0, 0.05) is 6.20 Å². The van der Waals surface area contributed by atoms with Crippen molar-refractivity contribution < 1.29 is 4.74 Å². The summed E-state index contributed by atoms with van der Waals surface area (Å²) in [4.78, 5) is 4.30. The average Bonchev–Trinajstić information content (AvgIpc) is 2.42. The van der Waals surface area contributed by atoms with Crippen molar-refractivity contribution in [2.45, 2.75) is 32.3 Å². The fourth-order valence-electron chi connectivity index (χ4n) is 2.64. The Bertz CT molecular complexity index is 595. The van der Waals surface area contributed by atoms with Crippen LogP contribution in [0, 0.1) is 6.92 Å². The fourth-order valence-corrected chi connectivity index (χ4v) is 2.64. The molecule has 3 heteroatoms. The maximum Gasteiger partial charge on any atom is 0.237 e. The maximum atomic E-state index is 6.03. The zero-order valence-corrected chi connectivity index (χ0v) is 11.1. The number of hydrogen-bond acceptors (Lipinski definition) is 3. The molecule has 0 spiro atoms. The molecule has 1 aromatic heterocycles. The van der Waals surface area contributed by atoms with Gasteiger partial charge in [-0.15, -0.1) is 0 Å². The number of anilines is 1. The minimum atomic E-state index is 0.0717. The first-order chi connectivity index (χ1) is 9.24. The van der Waals surface area contributed by atoms with E-state index in [-0.39, 0.29) is 6.10 Å². The Morgan fingerprint density at radius 2 is 2.16 bits per heavy atom. The summed E-state index contributed by atoms with van der Waals surface area (Å²) in [6.07, 6.45) is 5.16. The van der Waals surface area contributed by atoms with Crippen LogP contribution < -0.4 is 10.5 Å². The molecule has 0 aliphatic heterocycles. The molecule has 1 unspecified atom stereocenters. The van der Waals surface area contributed by atoms with E-state index in [0.29, 0.717) is 11.6 Å². The Balaban J connectivity index is 1.88. The van der Waals surface area contributed by atoms with Gasteiger partial charge in [-0.1, -0.05) is 24.3 Å². The molecule has 3 nitrogen and oxygen atoms in total. The minimum Gasteiger partial charge on any atom is -0.468 e. The molecule has 2 aromatic rings. The third-order valence-corrected chi connectivity index (χ3v) is 3.58. The number of fused-ring (bicyclic) bond motifs is 1. The maximum absolute atomic E-state index is 6.03. The highest BCUT2D eigenvalue weighted by molar-refractivity contribution is 5.49. The number of hydrogen-bond donors (Lipinski definition) is 1. The first-order valence-electron chi connectivity index (χ1n) is 6.70. The Morgan fingerprint density at radius 3 is 3.00 bits per heavy atom. The van der Waals surface area contributed by atoms with Crippen molar-refractivity contribution >= 4 is 5.69 Å². The van der Waals surface area contributed by atoms with E-state index < -0.39 is 0 Å². The van der Waals surface area contributed by atoms with Gasteiger partial charge in [-0.25, -0.2) is 4.98 Å². The summed E-state index contributed by atoms with van der Waals surface area (Å²) in [5.41, 5.74) is 10.3.